The molecule has 4 heteroatoms. The molecular formula is C13H15BrN2O. The second kappa shape index (κ2) is 4.42. The van der Waals surface area contributed by atoms with Gasteiger partial charge >= 0.3 is 0 Å². The monoisotopic (exact) mass is 294 g/mol. The maximum absolute atomic E-state index is 5.30. The maximum Gasteiger partial charge on any atom is 0.152 e. The first-order valence-electron chi connectivity index (χ1n) is 5.93. The number of hydrogen-bond acceptors (Lipinski definition) is 3. The number of nitrogens with zero attached hydrogens (tertiary/aromatic N) is 1. The van der Waals surface area contributed by atoms with E-state index < -0.39 is 0 Å². The summed E-state index contributed by atoms with van der Waals surface area (Å²) in [4.78, 5) is 4.33. The van der Waals surface area contributed by atoms with E-state index in [9.17, 15) is 0 Å². The molecule has 0 saturated carbocycles. The van der Waals surface area contributed by atoms with Crippen LogP contribution in [0.4, 0.5) is 0 Å². The molecule has 1 aromatic rings. The fourth-order valence-corrected chi connectivity index (χ4v) is 3.19. The van der Waals surface area contributed by atoms with Crippen LogP contribution in [0.1, 0.15) is 18.4 Å². The number of hydrogen-bond donors (Lipinski definition) is 1. The minimum atomic E-state index is 0.516. The van der Waals surface area contributed by atoms with Crippen LogP contribution < -0.4 is 10.1 Å². The number of rotatable bonds is 2. The first-order valence-corrected chi connectivity index (χ1v) is 6.72. The zero-order chi connectivity index (χ0) is 11.8. The maximum atomic E-state index is 5.30. The van der Waals surface area contributed by atoms with Crippen LogP contribution in [0.25, 0.3) is 5.57 Å². The fourth-order valence-electron chi connectivity index (χ4n) is 2.81. The number of fused-ring (bicyclic) bond motifs is 1. The van der Waals surface area contributed by atoms with Crippen molar-refractivity contribution < 1.29 is 4.74 Å². The number of aromatic nitrogens is 1. The molecule has 17 heavy (non-hydrogen) atoms. The minimum Gasteiger partial charge on any atom is -0.494 e. The molecule has 2 unspecified atom stereocenters. The molecule has 2 heterocycles. The summed E-state index contributed by atoms with van der Waals surface area (Å²) in [6.07, 6.45) is 6.73. The lowest BCUT2D eigenvalue weighted by molar-refractivity contribution is 0.409. The van der Waals surface area contributed by atoms with Crippen molar-refractivity contribution in [1.29, 1.82) is 0 Å². The number of halogens is 1. The highest BCUT2D eigenvalue weighted by Crippen LogP contribution is 2.38. The Kier molecular flexibility index (Phi) is 2.92. The lowest BCUT2D eigenvalue weighted by Crippen LogP contribution is -2.24. The van der Waals surface area contributed by atoms with Gasteiger partial charge in [-0.25, -0.2) is 4.98 Å². The Morgan fingerprint density at radius 2 is 2.41 bits per heavy atom. The van der Waals surface area contributed by atoms with Crippen LogP contribution >= 0.6 is 15.9 Å². The second-order valence-corrected chi connectivity index (χ2v) is 5.34. The molecule has 2 aliphatic rings. The van der Waals surface area contributed by atoms with Gasteiger partial charge in [0.2, 0.25) is 0 Å². The van der Waals surface area contributed by atoms with Crippen molar-refractivity contribution in [3.63, 3.8) is 0 Å². The van der Waals surface area contributed by atoms with Crippen LogP contribution in [0.15, 0.2) is 22.9 Å². The van der Waals surface area contributed by atoms with Crippen LogP contribution in [0.5, 0.6) is 5.75 Å². The average Bonchev–Trinajstić information content (AvgIpc) is 2.92. The van der Waals surface area contributed by atoms with Crippen molar-refractivity contribution in [3.8, 4) is 5.75 Å². The number of pyridine rings is 1. The van der Waals surface area contributed by atoms with E-state index in [-0.39, 0.29) is 0 Å². The standard InChI is InChI=1S/C13H15BrN2O/c1-17-11-6-9(7-16-13(11)14)10-3-2-8-4-5-15-12(8)10/h3,6-8,12,15H,2,4-5H2,1H3. The molecule has 1 aliphatic heterocycles. The summed E-state index contributed by atoms with van der Waals surface area (Å²) in [5.74, 6) is 1.57. The predicted octanol–water partition coefficient (Wildman–Crippen LogP) is 2.62. The Labute approximate surface area is 109 Å². The van der Waals surface area contributed by atoms with Crippen LogP contribution in [0.2, 0.25) is 0 Å². The molecule has 3 nitrogen and oxygen atoms in total. The third-order valence-corrected chi connectivity index (χ3v) is 4.28. The zero-order valence-corrected chi connectivity index (χ0v) is 11.3. The molecule has 1 aromatic heterocycles. The number of ether oxygens (including phenoxy) is 1. The molecule has 1 N–H and O–H groups in total. The molecule has 1 aliphatic carbocycles. The summed E-state index contributed by atoms with van der Waals surface area (Å²) >= 11 is 3.38. The molecule has 90 valence electrons. The van der Waals surface area contributed by atoms with Crippen LogP contribution in [-0.2, 0) is 0 Å². The normalized spacial score (nSPS) is 26.8. The topological polar surface area (TPSA) is 34.1 Å². The molecule has 3 rings (SSSR count). The van der Waals surface area contributed by atoms with Gasteiger partial charge in [-0.3, -0.25) is 0 Å². The molecule has 0 amide bonds. The Bertz CT molecular complexity index is 472. The highest BCUT2D eigenvalue weighted by molar-refractivity contribution is 9.10. The third-order valence-electron chi connectivity index (χ3n) is 3.69. The van der Waals surface area contributed by atoms with Crippen molar-refractivity contribution in [1.82, 2.24) is 10.3 Å². The van der Waals surface area contributed by atoms with Crippen molar-refractivity contribution in [2.75, 3.05) is 13.7 Å². The Morgan fingerprint density at radius 3 is 3.24 bits per heavy atom. The van der Waals surface area contributed by atoms with Crippen LogP contribution in [-0.4, -0.2) is 24.7 Å². The smallest absolute Gasteiger partial charge is 0.152 e. The first kappa shape index (κ1) is 11.2. The SMILES string of the molecule is COc1cc(C2=CCC3CCNC23)cnc1Br. The lowest BCUT2D eigenvalue weighted by Gasteiger charge is -2.15. The summed E-state index contributed by atoms with van der Waals surface area (Å²) in [6.45, 7) is 1.13. The van der Waals surface area contributed by atoms with Gasteiger partial charge in [-0.1, -0.05) is 6.08 Å². The third kappa shape index (κ3) is 1.89. The van der Waals surface area contributed by atoms with E-state index in [1.54, 1.807) is 7.11 Å². The molecule has 0 spiro atoms. The lowest BCUT2D eigenvalue weighted by atomic mass is 9.97. The van der Waals surface area contributed by atoms with Gasteiger partial charge in [-0.15, -0.1) is 0 Å². The van der Waals surface area contributed by atoms with Gasteiger partial charge in [-0.05, 0) is 52.9 Å². The fraction of sp³-hybridized carbons (Fsp3) is 0.462. The summed E-state index contributed by atoms with van der Waals surface area (Å²) in [7, 11) is 1.67. The largest absolute Gasteiger partial charge is 0.494 e. The van der Waals surface area contributed by atoms with Crippen molar-refractivity contribution >= 4 is 21.5 Å². The van der Waals surface area contributed by atoms with Gasteiger partial charge in [0.25, 0.3) is 0 Å². The average molecular weight is 295 g/mol. The van der Waals surface area contributed by atoms with E-state index in [4.69, 9.17) is 4.74 Å². The van der Waals surface area contributed by atoms with Crippen molar-refractivity contribution in [2.45, 2.75) is 18.9 Å². The molecular weight excluding hydrogens is 280 g/mol. The molecule has 1 saturated heterocycles. The van der Waals surface area contributed by atoms with Crippen LogP contribution in [0, 0.1) is 5.92 Å². The molecule has 0 aromatic carbocycles. The highest BCUT2D eigenvalue weighted by Gasteiger charge is 2.34. The zero-order valence-electron chi connectivity index (χ0n) is 9.74. The van der Waals surface area contributed by atoms with E-state index in [1.165, 1.54) is 24.0 Å². The Morgan fingerprint density at radius 1 is 1.53 bits per heavy atom. The van der Waals surface area contributed by atoms with Gasteiger partial charge in [0, 0.05) is 17.8 Å². The van der Waals surface area contributed by atoms with Gasteiger partial charge in [0.1, 0.15) is 4.60 Å². The Hall–Kier alpha value is -0.870. The first-order chi connectivity index (χ1) is 8.29. The number of nitrogens with one attached hydrogen (secondary N) is 1. The van der Waals surface area contributed by atoms with E-state index in [0.717, 1.165) is 22.8 Å². The van der Waals surface area contributed by atoms with E-state index in [0.29, 0.717) is 6.04 Å². The second-order valence-electron chi connectivity index (χ2n) is 4.59. The molecule has 0 bridgehead atoms. The van der Waals surface area contributed by atoms with Gasteiger partial charge < -0.3 is 10.1 Å². The van der Waals surface area contributed by atoms with Gasteiger partial charge in [0.15, 0.2) is 5.75 Å². The van der Waals surface area contributed by atoms with E-state index in [1.807, 2.05) is 6.20 Å². The van der Waals surface area contributed by atoms with E-state index in [2.05, 4.69) is 38.4 Å². The summed E-state index contributed by atoms with van der Waals surface area (Å²) < 4.78 is 6.06. The van der Waals surface area contributed by atoms with E-state index >= 15 is 0 Å². The van der Waals surface area contributed by atoms with Crippen molar-refractivity contribution in [3.05, 3.63) is 28.5 Å². The number of methoxy groups -OCH3 is 1. The summed E-state index contributed by atoms with van der Waals surface area (Å²) in [5.41, 5.74) is 2.55. The molecule has 2 atom stereocenters. The van der Waals surface area contributed by atoms with Crippen LogP contribution in [0.3, 0.4) is 0 Å². The summed E-state index contributed by atoms with van der Waals surface area (Å²) in [6, 6.07) is 2.58. The summed E-state index contributed by atoms with van der Waals surface area (Å²) in [5, 5.41) is 3.57. The Balaban J connectivity index is 1.94. The molecule has 0 radical (unpaired) electrons. The quantitative estimate of drug-likeness (QED) is 0.852. The van der Waals surface area contributed by atoms with Gasteiger partial charge in [0.05, 0.1) is 7.11 Å². The number of allylic oxidation sites excluding steroid dienone is 1. The van der Waals surface area contributed by atoms with Crippen molar-refractivity contribution in [2.24, 2.45) is 5.92 Å². The minimum absolute atomic E-state index is 0.516. The van der Waals surface area contributed by atoms with Gasteiger partial charge in [-0.2, -0.15) is 0 Å². The predicted molar refractivity (Wildman–Crippen MR) is 71.0 cm³/mol. The highest BCUT2D eigenvalue weighted by atomic mass is 79.9. The molecule has 1 fully saturated rings.